The molecule has 2 amide bonds. The Morgan fingerprint density at radius 1 is 0.880 bits per heavy atom. The van der Waals surface area contributed by atoms with Crippen molar-refractivity contribution in [2.75, 3.05) is 10.6 Å². The van der Waals surface area contributed by atoms with E-state index in [4.69, 9.17) is 0 Å². The topological polar surface area (TPSA) is 58.2 Å². The summed E-state index contributed by atoms with van der Waals surface area (Å²) in [5.74, 6) is -0.234. The van der Waals surface area contributed by atoms with E-state index in [1.54, 1.807) is 0 Å². The number of hydrogen-bond acceptors (Lipinski definition) is 2. The molecule has 0 radical (unpaired) electrons. The van der Waals surface area contributed by atoms with E-state index in [0.29, 0.717) is 6.42 Å². The molecule has 0 aliphatic rings. The molecule has 6 heteroatoms. The first-order valence-corrected chi connectivity index (χ1v) is 9.48. The Kier molecular flexibility index (Phi) is 6.79. The largest absolute Gasteiger partial charge is 0.325 e. The van der Waals surface area contributed by atoms with Gasteiger partial charge < -0.3 is 10.6 Å². The van der Waals surface area contributed by atoms with Crippen molar-refractivity contribution in [1.29, 1.82) is 0 Å². The van der Waals surface area contributed by atoms with Gasteiger partial charge in [0.15, 0.2) is 0 Å². The summed E-state index contributed by atoms with van der Waals surface area (Å²) in [5, 5.41) is 5.76. The summed E-state index contributed by atoms with van der Waals surface area (Å²) >= 11 is 6.81. The summed E-state index contributed by atoms with van der Waals surface area (Å²) in [6, 6.07) is 14.9. The smallest absolute Gasteiger partial charge is 0.230 e. The van der Waals surface area contributed by atoms with Crippen LogP contribution in [0.3, 0.4) is 0 Å². The van der Waals surface area contributed by atoms with Crippen LogP contribution in [-0.2, 0) is 9.59 Å². The third-order valence-electron chi connectivity index (χ3n) is 3.86. The van der Waals surface area contributed by atoms with Gasteiger partial charge in [-0.15, -0.1) is 0 Å². The van der Waals surface area contributed by atoms with Gasteiger partial charge in [0.05, 0.1) is 11.4 Å². The summed E-state index contributed by atoms with van der Waals surface area (Å²) < 4.78 is 1.65. The Morgan fingerprint density at radius 2 is 1.36 bits per heavy atom. The predicted molar refractivity (Wildman–Crippen MR) is 109 cm³/mol. The van der Waals surface area contributed by atoms with E-state index in [1.165, 1.54) is 0 Å². The lowest BCUT2D eigenvalue weighted by molar-refractivity contribution is -0.125. The maximum Gasteiger partial charge on any atom is 0.230 e. The lowest BCUT2D eigenvalue weighted by Gasteiger charge is -2.23. The first-order valence-electron chi connectivity index (χ1n) is 7.90. The van der Waals surface area contributed by atoms with Gasteiger partial charge in [-0.1, -0.05) is 38.1 Å². The monoisotopic (exact) mass is 466 g/mol. The van der Waals surface area contributed by atoms with E-state index in [-0.39, 0.29) is 18.2 Å². The standard InChI is InChI=1S/C19H20Br2N2O2/c1-19(2,18(25)23-16-10-6-4-8-14(16)21)12-11-17(24)22-15-9-5-3-7-13(15)20/h3-10H,11-12H2,1-2H3,(H,22,24)(H,23,25). The van der Waals surface area contributed by atoms with Crippen LogP contribution in [0.5, 0.6) is 0 Å². The van der Waals surface area contributed by atoms with E-state index in [2.05, 4.69) is 42.5 Å². The van der Waals surface area contributed by atoms with Gasteiger partial charge in [-0.25, -0.2) is 0 Å². The Balaban J connectivity index is 1.92. The third kappa shape index (κ3) is 5.68. The fourth-order valence-electron chi connectivity index (χ4n) is 2.17. The maximum absolute atomic E-state index is 12.5. The van der Waals surface area contributed by atoms with Crippen LogP contribution in [0.15, 0.2) is 57.5 Å². The van der Waals surface area contributed by atoms with Gasteiger partial charge in [-0.3, -0.25) is 9.59 Å². The van der Waals surface area contributed by atoms with Gasteiger partial charge in [0.2, 0.25) is 11.8 Å². The van der Waals surface area contributed by atoms with E-state index < -0.39 is 5.41 Å². The quantitative estimate of drug-likeness (QED) is 0.581. The lowest BCUT2D eigenvalue weighted by Crippen LogP contribution is -2.32. The molecular formula is C19H20Br2N2O2. The lowest BCUT2D eigenvalue weighted by atomic mass is 9.86. The van der Waals surface area contributed by atoms with Crippen molar-refractivity contribution in [2.45, 2.75) is 26.7 Å². The Morgan fingerprint density at radius 3 is 1.88 bits per heavy atom. The van der Waals surface area contributed by atoms with Gasteiger partial charge >= 0.3 is 0 Å². The van der Waals surface area contributed by atoms with Crippen molar-refractivity contribution in [3.63, 3.8) is 0 Å². The molecule has 0 heterocycles. The summed E-state index contributed by atoms with van der Waals surface area (Å²) in [6.07, 6.45) is 0.706. The fourth-order valence-corrected chi connectivity index (χ4v) is 2.94. The van der Waals surface area contributed by atoms with Crippen molar-refractivity contribution in [3.05, 3.63) is 57.5 Å². The zero-order valence-corrected chi connectivity index (χ0v) is 17.3. The molecule has 25 heavy (non-hydrogen) atoms. The summed E-state index contributed by atoms with van der Waals surface area (Å²) in [6.45, 7) is 3.68. The Hall–Kier alpha value is -1.66. The SMILES string of the molecule is CC(C)(CCC(=O)Nc1ccccc1Br)C(=O)Nc1ccccc1Br. The Bertz CT molecular complexity index is 776. The average Bonchev–Trinajstić information content (AvgIpc) is 2.57. The fraction of sp³-hybridized carbons (Fsp3) is 0.263. The molecule has 2 aromatic rings. The molecule has 0 bridgehead atoms. The van der Waals surface area contributed by atoms with E-state index in [1.807, 2.05) is 62.4 Å². The second kappa shape index (κ2) is 8.63. The minimum Gasteiger partial charge on any atom is -0.325 e. The Labute approximate surface area is 164 Å². The highest BCUT2D eigenvalue weighted by Gasteiger charge is 2.28. The molecule has 2 rings (SSSR count). The van der Waals surface area contributed by atoms with Crippen LogP contribution in [0.25, 0.3) is 0 Å². The van der Waals surface area contributed by atoms with Crippen molar-refractivity contribution in [3.8, 4) is 0 Å². The number of carbonyl (C=O) groups is 2. The zero-order chi connectivity index (χ0) is 18.4. The van der Waals surface area contributed by atoms with Gasteiger partial charge in [0.25, 0.3) is 0 Å². The molecule has 0 saturated carbocycles. The molecule has 4 nitrogen and oxygen atoms in total. The minimum absolute atomic E-state index is 0.117. The number of amides is 2. The number of hydrogen-bond donors (Lipinski definition) is 2. The highest BCUT2D eigenvalue weighted by molar-refractivity contribution is 9.11. The number of benzene rings is 2. The van der Waals surface area contributed by atoms with Crippen LogP contribution >= 0.6 is 31.9 Å². The van der Waals surface area contributed by atoms with Crippen molar-refractivity contribution >= 4 is 55.0 Å². The number of para-hydroxylation sites is 2. The zero-order valence-electron chi connectivity index (χ0n) is 14.1. The predicted octanol–water partition coefficient (Wildman–Crippen LogP) is 5.60. The minimum atomic E-state index is -0.666. The number of anilines is 2. The van der Waals surface area contributed by atoms with Crippen LogP contribution in [-0.4, -0.2) is 11.8 Å². The molecule has 132 valence electrons. The normalized spacial score (nSPS) is 11.0. The van der Waals surface area contributed by atoms with Gasteiger partial charge in [0.1, 0.15) is 0 Å². The first kappa shape index (κ1) is 19.7. The number of halogens is 2. The molecule has 0 atom stereocenters. The summed E-state index contributed by atoms with van der Waals surface area (Å²) in [5.41, 5.74) is 0.779. The molecule has 0 aliphatic carbocycles. The second-order valence-electron chi connectivity index (χ2n) is 6.35. The highest BCUT2D eigenvalue weighted by atomic mass is 79.9. The molecule has 0 aliphatic heterocycles. The molecule has 0 fully saturated rings. The first-order chi connectivity index (χ1) is 11.8. The van der Waals surface area contributed by atoms with Gasteiger partial charge in [-0.2, -0.15) is 0 Å². The molecule has 0 saturated heterocycles. The second-order valence-corrected chi connectivity index (χ2v) is 8.05. The number of carbonyl (C=O) groups excluding carboxylic acids is 2. The van der Waals surface area contributed by atoms with Crippen LogP contribution < -0.4 is 10.6 Å². The maximum atomic E-state index is 12.5. The van der Waals surface area contributed by atoms with Crippen molar-refractivity contribution in [2.24, 2.45) is 5.41 Å². The molecule has 0 spiro atoms. The van der Waals surface area contributed by atoms with Crippen molar-refractivity contribution in [1.82, 2.24) is 0 Å². The molecule has 0 unspecified atom stereocenters. The highest BCUT2D eigenvalue weighted by Crippen LogP contribution is 2.28. The van der Waals surface area contributed by atoms with Crippen molar-refractivity contribution < 1.29 is 9.59 Å². The van der Waals surface area contributed by atoms with Crippen LogP contribution in [0.1, 0.15) is 26.7 Å². The third-order valence-corrected chi connectivity index (χ3v) is 5.24. The molecule has 0 aromatic heterocycles. The van der Waals surface area contributed by atoms with E-state index in [0.717, 1.165) is 20.3 Å². The van der Waals surface area contributed by atoms with E-state index >= 15 is 0 Å². The summed E-state index contributed by atoms with van der Waals surface area (Å²) in [4.78, 5) is 24.7. The number of nitrogens with one attached hydrogen (secondary N) is 2. The van der Waals surface area contributed by atoms with Crippen LogP contribution in [0.4, 0.5) is 11.4 Å². The average molecular weight is 468 g/mol. The van der Waals surface area contributed by atoms with E-state index in [9.17, 15) is 9.59 Å². The molecular weight excluding hydrogens is 448 g/mol. The summed E-state index contributed by atoms with van der Waals surface area (Å²) in [7, 11) is 0. The molecule has 2 aromatic carbocycles. The molecule has 2 N–H and O–H groups in total. The van der Waals surface area contributed by atoms with Gasteiger partial charge in [0, 0.05) is 20.8 Å². The van der Waals surface area contributed by atoms with Crippen LogP contribution in [0.2, 0.25) is 0 Å². The number of rotatable bonds is 6. The van der Waals surface area contributed by atoms with Gasteiger partial charge in [-0.05, 0) is 62.5 Å². The van der Waals surface area contributed by atoms with Crippen LogP contribution in [0, 0.1) is 5.41 Å².